The number of carbonyl (C=O) groups is 1. The largest absolute Gasteiger partial charge is 0.456 e. The Bertz CT molecular complexity index is 888. The van der Waals surface area contributed by atoms with Crippen LogP contribution in [-0.4, -0.2) is 33.0 Å². The Labute approximate surface area is 231 Å². The fourth-order valence-corrected chi connectivity index (χ4v) is 9.51. The van der Waals surface area contributed by atoms with Crippen molar-refractivity contribution in [2.45, 2.75) is 121 Å². The maximum Gasteiger partial charge on any atom is 0.456 e. The third kappa shape index (κ3) is 4.84. The number of allylic oxidation sites excluding steroid dienone is 1. The molecule has 0 bridgehead atoms. The highest BCUT2D eigenvalue weighted by molar-refractivity contribution is 14.1. The first-order valence-corrected chi connectivity index (χ1v) is 15.7. The standard InChI is InChI=1S/C29H42F5IO2/c1-25-13-10-21(36)18-20(25)17-19(9-7-5-3-4-6-8-16-35)24-22(25)11-14-26(2)23(24)12-15-27(26,37)28(30,31)29(32,33)34/h18-19,22-24,37H,3-17H2,1-2H3/t19-,22+,23+,24-,25+,26+,27+/m1/s1. The lowest BCUT2D eigenvalue weighted by molar-refractivity contribution is -0.364. The van der Waals surface area contributed by atoms with E-state index in [0.29, 0.717) is 12.8 Å². The van der Waals surface area contributed by atoms with Crippen molar-refractivity contribution in [2.24, 2.45) is 34.5 Å². The molecule has 0 amide bonds. The van der Waals surface area contributed by atoms with Crippen molar-refractivity contribution in [3.8, 4) is 0 Å². The van der Waals surface area contributed by atoms with Gasteiger partial charge < -0.3 is 5.11 Å². The molecule has 4 aliphatic carbocycles. The molecule has 37 heavy (non-hydrogen) atoms. The molecule has 3 saturated carbocycles. The number of hydrogen-bond donors (Lipinski definition) is 1. The summed E-state index contributed by atoms with van der Waals surface area (Å²) in [6, 6.07) is 0. The summed E-state index contributed by atoms with van der Waals surface area (Å²) in [4.78, 5) is 12.3. The van der Waals surface area contributed by atoms with Gasteiger partial charge in [0.2, 0.25) is 0 Å². The smallest absolute Gasteiger partial charge is 0.383 e. The van der Waals surface area contributed by atoms with Crippen molar-refractivity contribution in [1.82, 2.24) is 0 Å². The van der Waals surface area contributed by atoms with Gasteiger partial charge in [0.05, 0.1) is 0 Å². The zero-order valence-electron chi connectivity index (χ0n) is 22.1. The van der Waals surface area contributed by atoms with Crippen LogP contribution in [0.5, 0.6) is 0 Å². The van der Waals surface area contributed by atoms with Gasteiger partial charge in [0.25, 0.3) is 0 Å². The number of rotatable bonds is 9. The highest BCUT2D eigenvalue weighted by Gasteiger charge is 2.79. The lowest BCUT2D eigenvalue weighted by atomic mass is 9.43. The highest BCUT2D eigenvalue weighted by atomic mass is 127. The van der Waals surface area contributed by atoms with Crippen molar-refractivity contribution < 1.29 is 31.9 Å². The average Bonchev–Trinajstić information content (AvgIpc) is 3.10. The molecule has 0 aromatic heterocycles. The maximum atomic E-state index is 14.9. The number of aliphatic hydroxyl groups is 1. The van der Waals surface area contributed by atoms with E-state index in [9.17, 15) is 31.9 Å². The molecule has 8 heteroatoms. The van der Waals surface area contributed by atoms with E-state index in [2.05, 4.69) is 29.5 Å². The molecule has 0 saturated heterocycles. The third-order valence-electron chi connectivity index (χ3n) is 11.1. The predicted molar refractivity (Wildman–Crippen MR) is 143 cm³/mol. The second-order valence-electron chi connectivity index (χ2n) is 12.8. The molecule has 7 atom stereocenters. The molecule has 4 aliphatic rings. The van der Waals surface area contributed by atoms with Gasteiger partial charge in [0, 0.05) is 11.8 Å². The molecule has 0 unspecified atom stereocenters. The molecule has 0 heterocycles. The fourth-order valence-electron chi connectivity index (χ4n) is 8.97. The SMILES string of the molecule is C[C@]12CCC(=O)C=C1C[C@@H](CCCCCCCCI)[C@@H]1[C@@H]2CC[C@@]2(C)[C@H]1CC[C@@]2(O)C(F)(F)C(F)(F)F. The van der Waals surface area contributed by atoms with Crippen molar-refractivity contribution >= 4 is 28.4 Å². The lowest BCUT2D eigenvalue weighted by Gasteiger charge is -2.62. The van der Waals surface area contributed by atoms with E-state index in [-0.39, 0.29) is 47.7 Å². The Kier molecular flexibility index (Phi) is 8.53. The van der Waals surface area contributed by atoms with Crippen LogP contribution >= 0.6 is 22.6 Å². The lowest BCUT2D eigenvalue weighted by Crippen LogP contribution is -2.66. The van der Waals surface area contributed by atoms with Crippen LogP contribution < -0.4 is 0 Å². The van der Waals surface area contributed by atoms with Crippen molar-refractivity contribution in [3.63, 3.8) is 0 Å². The Morgan fingerprint density at radius 3 is 2.22 bits per heavy atom. The van der Waals surface area contributed by atoms with Crippen LogP contribution in [0.4, 0.5) is 22.0 Å². The van der Waals surface area contributed by atoms with Gasteiger partial charge in [-0.3, -0.25) is 4.79 Å². The molecule has 0 spiro atoms. The van der Waals surface area contributed by atoms with Crippen molar-refractivity contribution in [1.29, 1.82) is 0 Å². The molecule has 2 nitrogen and oxygen atoms in total. The van der Waals surface area contributed by atoms with Gasteiger partial charge >= 0.3 is 12.1 Å². The second-order valence-corrected chi connectivity index (χ2v) is 13.9. The van der Waals surface area contributed by atoms with Crippen LogP contribution in [0, 0.1) is 34.5 Å². The maximum absolute atomic E-state index is 14.9. The summed E-state index contributed by atoms with van der Waals surface area (Å²) in [5.41, 5.74) is -3.64. The predicted octanol–water partition coefficient (Wildman–Crippen LogP) is 8.84. The van der Waals surface area contributed by atoms with Gasteiger partial charge in [-0.25, -0.2) is 0 Å². The molecule has 4 rings (SSSR count). The van der Waals surface area contributed by atoms with Crippen LogP contribution in [0.2, 0.25) is 0 Å². The van der Waals surface area contributed by atoms with Crippen LogP contribution in [0.15, 0.2) is 11.6 Å². The topological polar surface area (TPSA) is 37.3 Å². The normalized spacial score (nSPS) is 40.1. The van der Waals surface area contributed by atoms with Gasteiger partial charge in [0.1, 0.15) is 5.60 Å². The summed E-state index contributed by atoms with van der Waals surface area (Å²) in [7, 11) is 0. The van der Waals surface area contributed by atoms with Gasteiger partial charge in [-0.05, 0) is 91.0 Å². The Hall–Kier alpha value is -0.250. The zero-order valence-corrected chi connectivity index (χ0v) is 24.3. The molecule has 0 aliphatic heterocycles. The van der Waals surface area contributed by atoms with E-state index >= 15 is 0 Å². The number of hydrogen-bond acceptors (Lipinski definition) is 2. The van der Waals surface area contributed by atoms with Crippen molar-refractivity contribution in [2.75, 3.05) is 4.43 Å². The Balaban J connectivity index is 1.62. The van der Waals surface area contributed by atoms with Crippen LogP contribution in [0.3, 0.4) is 0 Å². The third-order valence-corrected chi connectivity index (χ3v) is 11.9. The summed E-state index contributed by atoms with van der Waals surface area (Å²) in [5, 5.41) is 11.2. The summed E-state index contributed by atoms with van der Waals surface area (Å²) in [5.74, 6) is -5.10. The van der Waals surface area contributed by atoms with E-state index in [1.165, 1.54) is 26.2 Å². The first kappa shape index (κ1) is 29.7. The van der Waals surface area contributed by atoms with E-state index in [1.807, 2.05) is 6.08 Å². The fraction of sp³-hybridized carbons (Fsp3) is 0.897. The Morgan fingerprint density at radius 1 is 0.946 bits per heavy atom. The van der Waals surface area contributed by atoms with Crippen molar-refractivity contribution in [3.05, 3.63) is 11.6 Å². The van der Waals surface area contributed by atoms with Gasteiger partial charge in [0.15, 0.2) is 5.78 Å². The monoisotopic (exact) mass is 644 g/mol. The average molecular weight is 645 g/mol. The summed E-state index contributed by atoms with van der Waals surface area (Å²) >= 11 is 2.39. The van der Waals surface area contributed by atoms with Crippen LogP contribution in [-0.2, 0) is 4.79 Å². The number of alkyl halides is 6. The van der Waals surface area contributed by atoms with Gasteiger partial charge in [-0.2, -0.15) is 22.0 Å². The zero-order chi connectivity index (χ0) is 27.3. The van der Waals surface area contributed by atoms with E-state index in [0.717, 1.165) is 48.5 Å². The summed E-state index contributed by atoms with van der Waals surface area (Å²) < 4.78 is 71.6. The minimum Gasteiger partial charge on any atom is -0.383 e. The number of fused-ring (bicyclic) bond motifs is 5. The van der Waals surface area contributed by atoms with Crippen LogP contribution in [0.25, 0.3) is 0 Å². The summed E-state index contributed by atoms with van der Waals surface area (Å²) in [6.45, 7) is 3.68. The molecule has 212 valence electrons. The van der Waals surface area contributed by atoms with Gasteiger partial charge in [-0.15, -0.1) is 0 Å². The minimum absolute atomic E-state index is 0.00817. The van der Waals surface area contributed by atoms with E-state index in [1.54, 1.807) is 0 Å². The summed E-state index contributed by atoms with van der Waals surface area (Å²) in [6.07, 6.45) is 6.04. The number of halogens is 6. The molecular weight excluding hydrogens is 602 g/mol. The first-order chi connectivity index (χ1) is 17.2. The number of ketones is 1. The molecule has 0 aromatic carbocycles. The molecule has 0 aromatic rings. The minimum atomic E-state index is -5.79. The highest BCUT2D eigenvalue weighted by Crippen LogP contribution is 2.72. The van der Waals surface area contributed by atoms with Gasteiger partial charge in [-0.1, -0.05) is 74.1 Å². The first-order valence-electron chi connectivity index (χ1n) is 14.2. The van der Waals surface area contributed by atoms with Crippen LogP contribution in [0.1, 0.15) is 104 Å². The van der Waals surface area contributed by atoms with E-state index < -0.39 is 29.5 Å². The molecular formula is C29H42F5IO2. The second kappa shape index (κ2) is 10.6. The Morgan fingerprint density at radius 2 is 1.57 bits per heavy atom. The molecule has 3 fully saturated rings. The van der Waals surface area contributed by atoms with E-state index in [4.69, 9.17) is 0 Å². The molecule has 0 radical (unpaired) electrons. The number of unbranched alkanes of at least 4 members (excludes halogenated alkanes) is 5. The quantitative estimate of drug-likeness (QED) is 0.118. The number of carbonyl (C=O) groups excluding carboxylic acids is 1. The molecule has 1 N–H and O–H groups in total.